The second kappa shape index (κ2) is 5.49. The summed E-state index contributed by atoms with van der Waals surface area (Å²) < 4.78 is 0. The highest BCUT2D eigenvalue weighted by Crippen LogP contribution is 2.12. The van der Waals surface area contributed by atoms with E-state index in [1.165, 1.54) is 11.1 Å². The monoisotopic (exact) mass is 176 g/mol. The van der Waals surface area contributed by atoms with Crippen LogP contribution in [-0.2, 0) is 0 Å². The van der Waals surface area contributed by atoms with Crippen LogP contribution in [0.1, 0.15) is 25.3 Å². The molecule has 1 aromatic heterocycles. The zero-order chi connectivity index (χ0) is 9.52. The fourth-order valence-electron chi connectivity index (χ4n) is 1.15. The maximum absolute atomic E-state index is 5.41. The van der Waals surface area contributed by atoms with E-state index in [4.69, 9.17) is 5.73 Å². The Morgan fingerprint density at radius 3 is 3.08 bits per heavy atom. The van der Waals surface area contributed by atoms with Crippen LogP contribution in [0.5, 0.6) is 0 Å². The lowest BCUT2D eigenvalue weighted by Crippen LogP contribution is -1.96. The number of rotatable bonds is 4. The maximum atomic E-state index is 5.41. The summed E-state index contributed by atoms with van der Waals surface area (Å²) in [5.74, 6) is 0. The molecule has 13 heavy (non-hydrogen) atoms. The van der Waals surface area contributed by atoms with Crippen molar-refractivity contribution < 1.29 is 0 Å². The van der Waals surface area contributed by atoms with Gasteiger partial charge in [0, 0.05) is 12.4 Å². The number of nitrogens with zero attached hydrogens (tertiary/aromatic N) is 1. The lowest BCUT2D eigenvalue weighted by Gasteiger charge is -1.99. The van der Waals surface area contributed by atoms with E-state index in [0.29, 0.717) is 0 Å². The van der Waals surface area contributed by atoms with Gasteiger partial charge in [-0.25, -0.2) is 0 Å². The van der Waals surface area contributed by atoms with E-state index in [9.17, 15) is 0 Å². The Balaban J connectivity index is 2.57. The Morgan fingerprint density at radius 2 is 2.46 bits per heavy atom. The number of pyridine rings is 1. The summed E-state index contributed by atoms with van der Waals surface area (Å²) in [6.45, 7) is 2.87. The first-order chi connectivity index (χ1) is 6.34. The number of unbranched alkanes of at least 4 members (excludes halogenated alkanes) is 1. The van der Waals surface area contributed by atoms with Gasteiger partial charge in [0.25, 0.3) is 0 Å². The molecular formula is C11H16N2. The summed E-state index contributed by atoms with van der Waals surface area (Å²) in [6.07, 6.45) is 7.99. The molecule has 1 heterocycles. The molecule has 0 aliphatic carbocycles. The number of allylic oxidation sites excluding steroid dienone is 2. The highest BCUT2D eigenvalue weighted by atomic mass is 14.6. The molecule has 0 saturated heterocycles. The Hall–Kier alpha value is -1.15. The van der Waals surface area contributed by atoms with Crippen LogP contribution in [0.25, 0.3) is 5.57 Å². The summed E-state index contributed by atoms with van der Waals surface area (Å²) in [6, 6.07) is 4.02. The highest BCUT2D eigenvalue weighted by molar-refractivity contribution is 5.62. The Bertz CT molecular complexity index is 265. The summed E-state index contributed by atoms with van der Waals surface area (Å²) in [5, 5.41) is 0. The van der Waals surface area contributed by atoms with Crippen LogP contribution in [0.4, 0.5) is 0 Å². The van der Waals surface area contributed by atoms with E-state index in [0.717, 1.165) is 19.4 Å². The van der Waals surface area contributed by atoms with Gasteiger partial charge in [-0.05, 0) is 43.5 Å². The average Bonchev–Trinajstić information content (AvgIpc) is 2.19. The van der Waals surface area contributed by atoms with Crippen molar-refractivity contribution in [3.05, 3.63) is 36.2 Å². The Labute approximate surface area is 79.5 Å². The van der Waals surface area contributed by atoms with Gasteiger partial charge in [-0.3, -0.25) is 4.98 Å². The Morgan fingerprint density at radius 1 is 1.62 bits per heavy atom. The molecule has 2 nitrogen and oxygen atoms in total. The van der Waals surface area contributed by atoms with Crippen LogP contribution in [0.15, 0.2) is 30.6 Å². The second-order valence-corrected chi connectivity index (χ2v) is 3.06. The van der Waals surface area contributed by atoms with Crippen LogP contribution in [0, 0.1) is 0 Å². The molecule has 0 saturated carbocycles. The van der Waals surface area contributed by atoms with Crippen molar-refractivity contribution in [3.8, 4) is 0 Å². The third kappa shape index (κ3) is 3.38. The molecule has 0 bridgehead atoms. The molecule has 2 heteroatoms. The first kappa shape index (κ1) is 9.93. The van der Waals surface area contributed by atoms with Gasteiger partial charge < -0.3 is 5.73 Å². The van der Waals surface area contributed by atoms with E-state index < -0.39 is 0 Å². The molecule has 0 aromatic carbocycles. The zero-order valence-electron chi connectivity index (χ0n) is 8.03. The van der Waals surface area contributed by atoms with Crippen molar-refractivity contribution in [1.82, 2.24) is 4.98 Å². The number of hydrogen-bond donors (Lipinski definition) is 1. The molecule has 0 radical (unpaired) electrons. The molecule has 70 valence electrons. The van der Waals surface area contributed by atoms with Crippen LogP contribution < -0.4 is 5.73 Å². The topological polar surface area (TPSA) is 38.9 Å². The molecule has 1 rings (SSSR count). The third-order valence-corrected chi connectivity index (χ3v) is 1.98. The van der Waals surface area contributed by atoms with Crippen molar-refractivity contribution in [2.45, 2.75) is 19.8 Å². The lowest BCUT2D eigenvalue weighted by molar-refractivity contribution is 0.855. The minimum atomic E-state index is 0.761. The molecule has 0 aliphatic heterocycles. The highest BCUT2D eigenvalue weighted by Gasteiger charge is 1.92. The van der Waals surface area contributed by atoms with E-state index in [1.54, 1.807) is 6.20 Å². The predicted octanol–water partition coefficient (Wildman–Crippen LogP) is 2.22. The summed E-state index contributed by atoms with van der Waals surface area (Å²) in [4.78, 5) is 4.07. The largest absolute Gasteiger partial charge is 0.330 e. The van der Waals surface area contributed by atoms with Crippen LogP contribution in [-0.4, -0.2) is 11.5 Å². The quantitative estimate of drug-likeness (QED) is 0.714. The van der Waals surface area contributed by atoms with Crippen LogP contribution >= 0.6 is 0 Å². The number of hydrogen-bond acceptors (Lipinski definition) is 2. The first-order valence-electron chi connectivity index (χ1n) is 4.62. The Kier molecular flexibility index (Phi) is 4.19. The van der Waals surface area contributed by atoms with Gasteiger partial charge in [0.05, 0.1) is 0 Å². The van der Waals surface area contributed by atoms with Crippen molar-refractivity contribution in [3.63, 3.8) is 0 Å². The van der Waals surface area contributed by atoms with E-state index in [-0.39, 0.29) is 0 Å². The molecule has 0 aliphatic rings. The van der Waals surface area contributed by atoms with Gasteiger partial charge in [0.15, 0.2) is 0 Å². The van der Waals surface area contributed by atoms with Crippen LogP contribution in [0.2, 0.25) is 0 Å². The standard InChI is InChI=1S/C11H16N2/c1-10(5-2-3-7-12)11-6-4-8-13-9-11/h4-6,8-9H,2-3,7,12H2,1H3. The van der Waals surface area contributed by atoms with Gasteiger partial charge in [-0.2, -0.15) is 0 Å². The molecular weight excluding hydrogens is 160 g/mol. The molecule has 0 atom stereocenters. The van der Waals surface area contributed by atoms with Gasteiger partial charge in [0.2, 0.25) is 0 Å². The summed E-state index contributed by atoms with van der Waals surface area (Å²) in [7, 11) is 0. The van der Waals surface area contributed by atoms with Gasteiger partial charge in [-0.1, -0.05) is 12.1 Å². The third-order valence-electron chi connectivity index (χ3n) is 1.98. The molecule has 0 spiro atoms. The summed E-state index contributed by atoms with van der Waals surface area (Å²) >= 11 is 0. The second-order valence-electron chi connectivity index (χ2n) is 3.06. The molecule has 0 amide bonds. The predicted molar refractivity (Wildman–Crippen MR) is 56.2 cm³/mol. The summed E-state index contributed by atoms with van der Waals surface area (Å²) in [5.41, 5.74) is 7.89. The van der Waals surface area contributed by atoms with Crippen molar-refractivity contribution in [1.29, 1.82) is 0 Å². The average molecular weight is 176 g/mol. The normalized spacial score (nSPS) is 11.7. The smallest absolute Gasteiger partial charge is 0.0342 e. The van der Waals surface area contributed by atoms with Crippen LogP contribution in [0.3, 0.4) is 0 Å². The minimum absolute atomic E-state index is 0.761. The SMILES string of the molecule is CC(=CCCCN)c1cccnc1. The molecule has 1 aromatic rings. The lowest BCUT2D eigenvalue weighted by atomic mass is 10.1. The van der Waals surface area contributed by atoms with E-state index in [1.807, 2.05) is 12.3 Å². The fourth-order valence-corrected chi connectivity index (χ4v) is 1.15. The van der Waals surface area contributed by atoms with Gasteiger partial charge in [-0.15, -0.1) is 0 Å². The van der Waals surface area contributed by atoms with Crippen molar-refractivity contribution in [2.75, 3.05) is 6.54 Å². The maximum Gasteiger partial charge on any atom is 0.0342 e. The molecule has 0 fully saturated rings. The minimum Gasteiger partial charge on any atom is -0.330 e. The fraction of sp³-hybridized carbons (Fsp3) is 0.364. The first-order valence-corrected chi connectivity index (χ1v) is 4.62. The van der Waals surface area contributed by atoms with Gasteiger partial charge in [0.1, 0.15) is 0 Å². The number of aromatic nitrogens is 1. The van der Waals surface area contributed by atoms with E-state index in [2.05, 4.69) is 24.1 Å². The van der Waals surface area contributed by atoms with Crippen molar-refractivity contribution in [2.24, 2.45) is 5.73 Å². The van der Waals surface area contributed by atoms with Crippen molar-refractivity contribution >= 4 is 5.57 Å². The van der Waals surface area contributed by atoms with E-state index >= 15 is 0 Å². The number of nitrogens with two attached hydrogens (primary N) is 1. The van der Waals surface area contributed by atoms with Gasteiger partial charge >= 0.3 is 0 Å². The molecule has 2 N–H and O–H groups in total. The molecule has 0 unspecified atom stereocenters. The zero-order valence-corrected chi connectivity index (χ0v) is 8.03.